The number of nitrogens with zero attached hydrogens (tertiary/aromatic N) is 2. The summed E-state index contributed by atoms with van der Waals surface area (Å²) in [5, 5.41) is 0. The minimum atomic E-state index is 0.102. The zero-order valence-corrected chi connectivity index (χ0v) is 12.2. The van der Waals surface area contributed by atoms with Gasteiger partial charge in [-0.2, -0.15) is 0 Å². The third-order valence-corrected chi connectivity index (χ3v) is 3.30. The largest absolute Gasteiger partial charge is 0.489 e. The Morgan fingerprint density at radius 3 is 2.86 bits per heavy atom. The van der Waals surface area contributed by atoms with Gasteiger partial charge in [0.1, 0.15) is 17.0 Å². The zero-order valence-electron chi connectivity index (χ0n) is 12.2. The number of rotatable bonds is 5. The average Bonchev–Trinajstić information content (AvgIpc) is 3.04. The van der Waals surface area contributed by atoms with Gasteiger partial charge in [-0.05, 0) is 38.1 Å². The third kappa shape index (κ3) is 2.72. The first-order valence-corrected chi connectivity index (χ1v) is 7.09. The number of para-hydroxylation sites is 1. The van der Waals surface area contributed by atoms with E-state index < -0.39 is 0 Å². The Hall–Kier alpha value is -2.43. The summed E-state index contributed by atoms with van der Waals surface area (Å²) in [5.74, 6) is 2.20. The maximum Gasteiger partial charge on any atom is 0.201 e. The van der Waals surface area contributed by atoms with Gasteiger partial charge in [0.2, 0.25) is 5.95 Å². The summed E-state index contributed by atoms with van der Waals surface area (Å²) in [6, 6.07) is 9.74. The van der Waals surface area contributed by atoms with E-state index in [0.717, 1.165) is 35.5 Å². The van der Waals surface area contributed by atoms with Crippen LogP contribution in [0, 0.1) is 0 Å². The van der Waals surface area contributed by atoms with Gasteiger partial charge in [0.15, 0.2) is 0 Å². The lowest BCUT2D eigenvalue weighted by atomic mass is 10.2. The quantitative estimate of drug-likeness (QED) is 0.781. The Morgan fingerprint density at radius 1 is 1.29 bits per heavy atom. The summed E-state index contributed by atoms with van der Waals surface area (Å²) in [6.45, 7) is 4.72. The molecule has 0 aliphatic rings. The number of furan rings is 1. The number of nitrogens with two attached hydrogens (primary N) is 1. The highest BCUT2D eigenvalue weighted by molar-refractivity contribution is 5.84. The second-order valence-electron chi connectivity index (χ2n) is 5.24. The van der Waals surface area contributed by atoms with Crippen molar-refractivity contribution < 1.29 is 9.15 Å². The molecule has 2 N–H and O–H groups in total. The van der Waals surface area contributed by atoms with Crippen molar-refractivity contribution in [2.24, 2.45) is 0 Å². The molecule has 2 aromatic heterocycles. The Balaban J connectivity index is 1.93. The van der Waals surface area contributed by atoms with Gasteiger partial charge >= 0.3 is 0 Å². The number of benzene rings is 1. The molecule has 3 rings (SSSR count). The van der Waals surface area contributed by atoms with E-state index in [1.807, 2.05) is 48.7 Å². The van der Waals surface area contributed by atoms with E-state index in [0.29, 0.717) is 5.95 Å². The molecule has 0 saturated carbocycles. The van der Waals surface area contributed by atoms with Gasteiger partial charge in [-0.25, -0.2) is 4.98 Å². The fourth-order valence-corrected chi connectivity index (χ4v) is 2.40. The third-order valence-electron chi connectivity index (χ3n) is 3.30. The number of hydrogen-bond donors (Lipinski definition) is 1. The van der Waals surface area contributed by atoms with Gasteiger partial charge in [0.25, 0.3) is 0 Å². The van der Waals surface area contributed by atoms with E-state index in [4.69, 9.17) is 14.9 Å². The van der Waals surface area contributed by atoms with Crippen LogP contribution in [0.2, 0.25) is 0 Å². The molecule has 21 heavy (non-hydrogen) atoms. The number of anilines is 1. The Labute approximate surface area is 123 Å². The summed E-state index contributed by atoms with van der Waals surface area (Å²) < 4.78 is 13.1. The topological polar surface area (TPSA) is 66.2 Å². The predicted octanol–water partition coefficient (Wildman–Crippen LogP) is 3.24. The summed E-state index contributed by atoms with van der Waals surface area (Å²) in [5.41, 5.74) is 7.85. The van der Waals surface area contributed by atoms with Crippen molar-refractivity contribution in [3.8, 4) is 5.75 Å². The van der Waals surface area contributed by atoms with Crippen LogP contribution < -0.4 is 10.5 Å². The van der Waals surface area contributed by atoms with Crippen LogP contribution in [0.1, 0.15) is 19.6 Å². The molecule has 0 radical (unpaired) electrons. The molecule has 0 saturated heterocycles. The van der Waals surface area contributed by atoms with Crippen LogP contribution in [0.4, 0.5) is 5.95 Å². The number of fused-ring (bicyclic) bond motifs is 1. The molecule has 0 atom stereocenters. The second kappa shape index (κ2) is 5.52. The predicted molar refractivity (Wildman–Crippen MR) is 82.3 cm³/mol. The molecule has 0 unspecified atom stereocenters. The van der Waals surface area contributed by atoms with Crippen LogP contribution >= 0.6 is 0 Å². The summed E-state index contributed by atoms with van der Waals surface area (Å²) in [6.07, 6.45) is 2.56. The Kier molecular flexibility index (Phi) is 3.56. The number of ether oxygens (including phenoxy) is 1. The minimum absolute atomic E-state index is 0.102. The van der Waals surface area contributed by atoms with E-state index >= 15 is 0 Å². The smallest absolute Gasteiger partial charge is 0.201 e. The van der Waals surface area contributed by atoms with Crippen LogP contribution in [0.3, 0.4) is 0 Å². The van der Waals surface area contributed by atoms with E-state index in [1.54, 1.807) is 6.26 Å². The van der Waals surface area contributed by atoms with Crippen molar-refractivity contribution in [3.63, 3.8) is 0 Å². The van der Waals surface area contributed by atoms with Crippen molar-refractivity contribution >= 4 is 17.0 Å². The van der Waals surface area contributed by atoms with Gasteiger partial charge in [-0.15, -0.1) is 0 Å². The van der Waals surface area contributed by atoms with Crippen molar-refractivity contribution in [3.05, 3.63) is 42.4 Å². The summed E-state index contributed by atoms with van der Waals surface area (Å²) in [7, 11) is 0. The molecule has 0 fully saturated rings. The van der Waals surface area contributed by atoms with Crippen LogP contribution in [0.25, 0.3) is 11.0 Å². The average molecular weight is 285 g/mol. The number of hydrogen-bond acceptors (Lipinski definition) is 4. The number of nitrogen functional groups attached to an aromatic ring is 1. The molecule has 2 heterocycles. The molecular formula is C16H19N3O2. The first kappa shape index (κ1) is 13.5. The molecule has 0 spiro atoms. The van der Waals surface area contributed by atoms with Crippen LogP contribution in [0.15, 0.2) is 41.0 Å². The fraction of sp³-hybridized carbons (Fsp3) is 0.312. The minimum Gasteiger partial charge on any atom is -0.489 e. The molecule has 0 aliphatic heterocycles. The lowest BCUT2D eigenvalue weighted by Gasteiger charge is -2.10. The lowest BCUT2D eigenvalue weighted by Crippen LogP contribution is -2.06. The van der Waals surface area contributed by atoms with Crippen molar-refractivity contribution in [1.29, 1.82) is 0 Å². The highest BCUT2D eigenvalue weighted by Gasteiger charge is 2.13. The fourth-order valence-electron chi connectivity index (χ4n) is 2.40. The van der Waals surface area contributed by atoms with Crippen molar-refractivity contribution in [2.45, 2.75) is 32.9 Å². The molecule has 110 valence electrons. The van der Waals surface area contributed by atoms with Crippen LogP contribution in [-0.2, 0) is 13.0 Å². The first-order chi connectivity index (χ1) is 10.1. The van der Waals surface area contributed by atoms with Gasteiger partial charge in [0, 0.05) is 13.0 Å². The molecular weight excluding hydrogens is 266 g/mol. The molecule has 0 aliphatic carbocycles. The number of aromatic nitrogens is 2. The van der Waals surface area contributed by atoms with Gasteiger partial charge in [0.05, 0.1) is 17.9 Å². The van der Waals surface area contributed by atoms with Crippen LogP contribution in [-0.4, -0.2) is 15.7 Å². The summed E-state index contributed by atoms with van der Waals surface area (Å²) >= 11 is 0. The molecule has 0 bridgehead atoms. The monoisotopic (exact) mass is 285 g/mol. The van der Waals surface area contributed by atoms with Gasteiger partial charge in [-0.1, -0.05) is 6.07 Å². The standard InChI is InChI=1S/C16H19N3O2/c1-11(2)21-14-7-3-6-13-15(14)18-16(17)19(13)9-8-12-5-4-10-20-12/h3-7,10-11H,8-9H2,1-2H3,(H2,17,18). The van der Waals surface area contributed by atoms with Crippen molar-refractivity contribution in [2.75, 3.05) is 5.73 Å². The molecule has 5 heteroatoms. The lowest BCUT2D eigenvalue weighted by molar-refractivity contribution is 0.245. The molecule has 5 nitrogen and oxygen atoms in total. The van der Waals surface area contributed by atoms with Crippen molar-refractivity contribution in [1.82, 2.24) is 9.55 Å². The van der Waals surface area contributed by atoms with E-state index in [9.17, 15) is 0 Å². The van der Waals surface area contributed by atoms with E-state index in [2.05, 4.69) is 4.98 Å². The number of imidazole rings is 1. The first-order valence-electron chi connectivity index (χ1n) is 7.09. The maximum absolute atomic E-state index is 6.06. The summed E-state index contributed by atoms with van der Waals surface area (Å²) in [4.78, 5) is 4.45. The van der Waals surface area contributed by atoms with E-state index in [1.165, 1.54) is 0 Å². The van der Waals surface area contributed by atoms with Crippen LogP contribution in [0.5, 0.6) is 5.75 Å². The second-order valence-corrected chi connectivity index (χ2v) is 5.24. The normalized spacial score (nSPS) is 11.4. The molecule has 1 aromatic carbocycles. The highest BCUT2D eigenvalue weighted by atomic mass is 16.5. The van der Waals surface area contributed by atoms with E-state index in [-0.39, 0.29) is 6.10 Å². The zero-order chi connectivity index (χ0) is 14.8. The van der Waals surface area contributed by atoms with Gasteiger partial charge in [-0.3, -0.25) is 0 Å². The Bertz CT molecular complexity index is 729. The van der Waals surface area contributed by atoms with Gasteiger partial charge < -0.3 is 19.5 Å². The molecule has 3 aromatic rings. The Morgan fingerprint density at radius 2 is 2.14 bits per heavy atom. The maximum atomic E-state index is 6.06. The molecule has 0 amide bonds. The SMILES string of the molecule is CC(C)Oc1cccc2c1nc(N)n2CCc1ccco1. The highest BCUT2D eigenvalue weighted by Crippen LogP contribution is 2.28. The number of aryl methyl sites for hydroxylation is 2.